The molecule has 0 saturated carbocycles. The molecule has 1 aromatic heterocycles. The average Bonchev–Trinajstić information content (AvgIpc) is 2.41. The zero-order valence-corrected chi connectivity index (χ0v) is 10.3. The molecule has 2 aromatic rings. The summed E-state index contributed by atoms with van der Waals surface area (Å²) in [6, 6.07) is 7.75. The van der Waals surface area contributed by atoms with Crippen LogP contribution in [0.3, 0.4) is 0 Å². The SMILES string of the molecule is CCCCc1ccc(Oc2ncc[nH]c2=O)cc1. The molecule has 0 aliphatic heterocycles. The molecule has 0 aliphatic carbocycles. The molecule has 0 amide bonds. The summed E-state index contributed by atoms with van der Waals surface area (Å²) in [7, 11) is 0. The van der Waals surface area contributed by atoms with E-state index >= 15 is 0 Å². The fourth-order valence-electron chi connectivity index (χ4n) is 1.63. The van der Waals surface area contributed by atoms with E-state index < -0.39 is 0 Å². The molecule has 1 heterocycles. The highest BCUT2D eigenvalue weighted by Crippen LogP contribution is 2.17. The van der Waals surface area contributed by atoms with Crippen LogP contribution in [0.15, 0.2) is 41.5 Å². The number of hydrogen-bond acceptors (Lipinski definition) is 3. The molecular weight excluding hydrogens is 228 g/mol. The lowest BCUT2D eigenvalue weighted by Gasteiger charge is -2.04. The van der Waals surface area contributed by atoms with Crippen molar-refractivity contribution >= 4 is 0 Å². The highest BCUT2D eigenvalue weighted by atomic mass is 16.5. The zero-order valence-electron chi connectivity index (χ0n) is 10.3. The van der Waals surface area contributed by atoms with Crippen LogP contribution in [0.4, 0.5) is 0 Å². The minimum atomic E-state index is -0.326. The van der Waals surface area contributed by atoms with E-state index in [0.29, 0.717) is 5.75 Å². The van der Waals surface area contributed by atoms with Gasteiger partial charge in [-0.25, -0.2) is 4.98 Å². The molecule has 0 bridgehead atoms. The van der Waals surface area contributed by atoms with E-state index in [-0.39, 0.29) is 11.4 Å². The predicted octanol–water partition coefficient (Wildman–Crippen LogP) is 2.90. The van der Waals surface area contributed by atoms with E-state index in [1.54, 1.807) is 0 Å². The predicted molar refractivity (Wildman–Crippen MR) is 70.0 cm³/mol. The van der Waals surface area contributed by atoms with Gasteiger partial charge in [0.05, 0.1) is 0 Å². The van der Waals surface area contributed by atoms with Crippen LogP contribution in [0, 0.1) is 0 Å². The summed E-state index contributed by atoms with van der Waals surface area (Å²) in [5.41, 5.74) is 0.951. The minimum absolute atomic E-state index is 0.0683. The molecule has 2 rings (SSSR count). The van der Waals surface area contributed by atoms with Gasteiger partial charge in [0.2, 0.25) is 0 Å². The molecule has 0 spiro atoms. The minimum Gasteiger partial charge on any atom is -0.435 e. The maximum absolute atomic E-state index is 11.4. The van der Waals surface area contributed by atoms with Gasteiger partial charge < -0.3 is 9.72 Å². The van der Waals surface area contributed by atoms with E-state index in [1.807, 2.05) is 24.3 Å². The van der Waals surface area contributed by atoms with Crippen molar-refractivity contribution in [2.75, 3.05) is 0 Å². The number of nitrogens with one attached hydrogen (secondary N) is 1. The van der Waals surface area contributed by atoms with Gasteiger partial charge in [0.15, 0.2) is 0 Å². The lowest BCUT2D eigenvalue weighted by atomic mass is 10.1. The molecule has 0 fully saturated rings. The second-order valence-electron chi connectivity index (χ2n) is 4.07. The van der Waals surface area contributed by atoms with Crippen molar-refractivity contribution in [3.8, 4) is 11.6 Å². The molecule has 18 heavy (non-hydrogen) atoms. The van der Waals surface area contributed by atoms with Crippen molar-refractivity contribution in [1.82, 2.24) is 9.97 Å². The molecule has 0 saturated heterocycles. The van der Waals surface area contributed by atoms with Gasteiger partial charge in [-0.2, -0.15) is 0 Å². The smallest absolute Gasteiger partial charge is 0.311 e. The first-order valence-corrected chi connectivity index (χ1v) is 6.10. The number of rotatable bonds is 5. The Morgan fingerprint density at radius 1 is 1.28 bits per heavy atom. The van der Waals surface area contributed by atoms with Crippen LogP contribution < -0.4 is 10.3 Å². The largest absolute Gasteiger partial charge is 0.435 e. The van der Waals surface area contributed by atoms with Crippen molar-refractivity contribution in [3.05, 3.63) is 52.6 Å². The normalized spacial score (nSPS) is 10.3. The number of aromatic nitrogens is 2. The highest BCUT2D eigenvalue weighted by molar-refractivity contribution is 5.29. The number of ether oxygens (including phenoxy) is 1. The Kier molecular flexibility index (Phi) is 4.12. The Bertz CT molecular complexity index is 546. The van der Waals surface area contributed by atoms with Crippen LogP contribution in [0.5, 0.6) is 11.6 Å². The number of aryl methyl sites for hydroxylation is 1. The van der Waals surface area contributed by atoms with Gasteiger partial charge in [-0.05, 0) is 30.5 Å². The Morgan fingerprint density at radius 2 is 2.06 bits per heavy atom. The highest BCUT2D eigenvalue weighted by Gasteiger charge is 2.02. The summed E-state index contributed by atoms with van der Waals surface area (Å²) in [5.74, 6) is 0.693. The molecular formula is C14H16N2O2. The van der Waals surface area contributed by atoms with Crippen LogP contribution in [0.1, 0.15) is 25.3 Å². The third-order valence-corrected chi connectivity index (χ3v) is 2.63. The fraction of sp³-hybridized carbons (Fsp3) is 0.286. The second kappa shape index (κ2) is 6.00. The Hall–Kier alpha value is -2.10. The molecule has 4 heteroatoms. The Labute approximate surface area is 106 Å². The Morgan fingerprint density at radius 3 is 2.72 bits per heavy atom. The molecule has 0 atom stereocenters. The summed E-state index contributed by atoms with van der Waals surface area (Å²) in [4.78, 5) is 17.8. The van der Waals surface area contributed by atoms with Gasteiger partial charge in [0.1, 0.15) is 5.75 Å². The van der Waals surface area contributed by atoms with E-state index in [2.05, 4.69) is 16.9 Å². The quantitative estimate of drug-likeness (QED) is 0.879. The summed E-state index contributed by atoms with van der Waals surface area (Å²) in [6.45, 7) is 2.17. The van der Waals surface area contributed by atoms with Crippen molar-refractivity contribution in [2.45, 2.75) is 26.2 Å². The van der Waals surface area contributed by atoms with Crippen LogP contribution in [0.25, 0.3) is 0 Å². The molecule has 1 aromatic carbocycles. The molecule has 1 N–H and O–H groups in total. The van der Waals surface area contributed by atoms with E-state index in [0.717, 1.165) is 6.42 Å². The Balaban J connectivity index is 2.07. The van der Waals surface area contributed by atoms with E-state index in [9.17, 15) is 4.79 Å². The first kappa shape index (κ1) is 12.4. The number of unbranched alkanes of at least 4 members (excludes halogenated alkanes) is 1. The standard InChI is InChI=1S/C14H16N2O2/c1-2-3-4-11-5-7-12(8-6-11)18-14-13(17)15-9-10-16-14/h5-10H,2-4H2,1H3,(H,15,17). The zero-order chi connectivity index (χ0) is 12.8. The van der Waals surface area contributed by atoms with Crippen molar-refractivity contribution in [2.24, 2.45) is 0 Å². The van der Waals surface area contributed by atoms with Crippen LogP contribution >= 0.6 is 0 Å². The van der Waals surface area contributed by atoms with Gasteiger partial charge in [-0.1, -0.05) is 25.5 Å². The number of nitrogens with zero attached hydrogens (tertiary/aromatic N) is 1. The summed E-state index contributed by atoms with van der Waals surface area (Å²) in [5, 5.41) is 0. The maximum Gasteiger partial charge on any atom is 0.311 e. The number of H-pyrrole nitrogens is 1. The number of aromatic amines is 1. The van der Waals surface area contributed by atoms with E-state index in [4.69, 9.17) is 4.74 Å². The molecule has 94 valence electrons. The van der Waals surface area contributed by atoms with Crippen molar-refractivity contribution in [1.29, 1.82) is 0 Å². The first-order chi connectivity index (χ1) is 8.79. The third-order valence-electron chi connectivity index (χ3n) is 2.63. The van der Waals surface area contributed by atoms with Crippen molar-refractivity contribution < 1.29 is 4.74 Å². The van der Waals surface area contributed by atoms with Crippen LogP contribution in [-0.4, -0.2) is 9.97 Å². The molecule has 0 aliphatic rings. The third kappa shape index (κ3) is 3.20. The lowest BCUT2D eigenvalue weighted by Crippen LogP contribution is -2.09. The summed E-state index contributed by atoms with van der Waals surface area (Å²) >= 11 is 0. The summed E-state index contributed by atoms with van der Waals surface area (Å²) < 4.78 is 5.41. The average molecular weight is 244 g/mol. The number of hydrogen-bond donors (Lipinski definition) is 1. The van der Waals surface area contributed by atoms with Crippen LogP contribution in [-0.2, 0) is 6.42 Å². The first-order valence-electron chi connectivity index (χ1n) is 6.10. The van der Waals surface area contributed by atoms with Gasteiger partial charge in [0, 0.05) is 12.4 Å². The van der Waals surface area contributed by atoms with Crippen molar-refractivity contribution in [3.63, 3.8) is 0 Å². The molecule has 4 nitrogen and oxygen atoms in total. The molecule has 0 radical (unpaired) electrons. The molecule has 0 unspecified atom stereocenters. The second-order valence-corrected chi connectivity index (χ2v) is 4.07. The van der Waals surface area contributed by atoms with E-state index in [1.165, 1.54) is 30.8 Å². The van der Waals surface area contributed by atoms with Gasteiger partial charge in [0.25, 0.3) is 5.88 Å². The van der Waals surface area contributed by atoms with Gasteiger partial charge in [-0.3, -0.25) is 4.79 Å². The maximum atomic E-state index is 11.4. The fourth-order valence-corrected chi connectivity index (χ4v) is 1.63. The summed E-state index contributed by atoms with van der Waals surface area (Å²) in [6.07, 6.45) is 6.40. The lowest BCUT2D eigenvalue weighted by molar-refractivity contribution is 0.454. The van der Waals surface area contributed by atoms with Gasteiger partial charge in [-0.15, -0.1) is 0 Å². The topological polar surface area (TPSA) is 55.0 Å². The van der Waals surface area contributed by atoms with Gasteiger partial charge >= 0.3 is 5.56 Å². The number of benzene rings is 1. The monoisotopic (exact) mass is 244 g/mol. The van der Waals surface area contributed by atoms with Crippen LogP contribution in [0.2, 0.25) is 0 Å².